The molecule has 0 aliphatic rings. The average molecular weight is 321 g/mol. The van der Waals surface area contributed by atoms with Crippen LogP contribution in [-0.4, -0.2) is 33.9 Å². The molecular weight excluding hydrogens is 302 g/mol. The van der Waals surface area contributed by atoms with Crippen molar-refractivity contribution in [1.82, 2.24) is 20.3 Å². The lowest BCUT2D eigenvalue weighted by atomic mass is 10.1. The molecule has 0 aliphatic carbocycles. The summed E-state index contributed by atoms with van der Waals surface area (Å²) in [6.45, 7) is 4.74. The Labute approximate surface area is 140 Å². The second-order valence-corrected chi connectivity index (χ2v) is 5.33. The zero-order chi connectivity index (χ0) is 16.8. The van der Waals surface area contributed by atoms with Crippen LogP contribution in [0.2, 0.25) is 0 Å². The minimum absolute atomic E-state index is 0.176. The maximum Gasteiger partial charge on any atom is 0.254 e. The predicted molar refractivity (Wildman–Crippen MR) is 95.1 cm³/mol. The molecule has 3 N–H and O–H groups in total. The van der Waals surface area contributed by atoms with Gasteiger partial charge in [-0.1, -0.05) is 24.3 Å². The zero-order valence-corrected chi connectivity index (χ0v) is 13.2. The fourth-order valence-corrected chi connectivity index (χ4v) is 2.45. The Hall–Kier alpha value is -3.15. The normalized spacial score (nSPS) is 10.5. The van der Waals surface area contributed by atoms with E-state index in [1.54, 1.807) is 6.08 Å². The molecule has 3 rings (SSSR count). The van der Waals surface area contributed by atoms with E-state index >= 15 is 0 Å². The van der Waals surface area contributed by atoms with E-state index in [0.717, 1.165) is 11.9 Å². The fraction of sp³-hybridized carbons (Fsp3) is 0.167. The van der Waals surface area contributed by atoms with Gasteiger partial charge in [-0.05, 0) is 18.1 Å². The number of para-hydroxylation sites is 1. The minimum Gasteiger partial charge on any atom is -0.361 e. The number of fused-ring (bicyclic) bond motifs is 1. The molecule has 3 aromatic rings. The van der Waals surface area contributed by atoms with Crippen molar-refractivity contribution < 1.29 is 4.79 Å². The van der Waals surface area contributed by atoms with Gasteiger partial charge in [-0.3, -0.25) is 4.79 Å². The third-order valence-electron chi connectivity index (χ3n) is 3.67. The van der Waals surface area contributed by atoms with Crippen LogP contribution in [0, 0.1) is 0 Å². The highest BCUT2D eigenvalue weighted by atomic mass is 16.1. The van der Waals surface area contributed by atoms with Crippen molar-refractivity contribution in [1.29, 1.82) is 0 Å². The van der Waals surface area contributed by atoms with Gasteiger partial charge in [0.05, 0.1) is 5.56 Å². The van der Waals surface area contributed by atoms with E-state index in [2.05, 4.69) is 38.2 Å². The number of nitrogens with one attached hydrogen (secondary N) is 3. The Bertz CT molecular complexity index is 838. The van der Waals surface area contributed by atoms with E-state index in [9.17, 15) is 4.79 Å². The molecule has 1 amide bonds. The number of hydrogen-bond acceptors (Lipinski definition) is 4. The Morgan fingerprint density at radius 1 is 1.25 bits per heavy atom. The summed E-state index contributed by atoms with van der Waals surface area (Å²) in [4.78, 5) is 23.6. The first-order chi connectivity index (χ1) is 11.8. The number of H-pyrrole nitrogens is 1. The van der Waals surface area contributed by atoms with Gasteiger partial charge in [-0.25, -0.2) is 9.97 Å². The van der Waals surface area contributed by atoms with Crippen LogP contribution in [0.15, 0.2) is 55.5 Å². The first-order valence-corrected chi connectivity index (χ1v) is 7.78. The largest absolute Gasteiger partial charge is 0.361 e. The molecule has 0 unspecified atom stereocenters. The quantitative estimate of drug-likeness (QED) is 0.584. The SMILES string of the molecule is C=CCNc1ncc(C(=O)NCCc2c[nH]c3ccccc23)cn1. The van der Waals surface area contributed by atoms with E-state index in [-0.39, 0.29) is 5.91 Å². The monoisotopic (exact) mass is 321 g/mol. The van der Waals surface area contributed by atoms with Crippen molar-refractivity contribution in [2.45, 2.75) is 6.42 Å². The van der Waals surface area contributed by atoms with Crippen molar-refractivity contribution in [2.24, 2.45) is 0 Å². The Morgan fingerprint density at radius 2 is 2.04 bits per heavy atom. The van der Waals surface area contributed by atoms with E-state index in [1.165, 1.54) is 23.3 Å². The maximum atomic E-state index is 12.1. The molecule has 0 atom stereocenters. The molecule has 0 bridgehead atoms. The highest BCUT2D eigenvalue weighted by Gasteiger charge is 2.08. The average Bonchev–Trinajstić information content (AvgIpc) is 3.03. The van der Waals surface area contributed by atoms with Gasteiger partial charge in [0.15, 0.2) is 0 Å². The van der Waals surface area contributed by atoms with Gasteiger partial charge in [0.25, 0.3) is 5.91 Å². The molecule has 6 nitrogen and oxygen atoms in total. The summed E-state index contributed by atoms with van der Waals surface area (Å²) in [5.41, 5.74) is 2.74. The molecule has 2 aromatic heterocycles. The van der Waals surface area contributed by atoms with Crippen molar-refractivity contribution in [2.75, 3.05) is 18.4 Å². The molecular formula is C18H19N5O. The number of aromatic amines is 1. The summed E-state index contributed by atoms with van der Waals surface area (Å²) in [5, 5.41) is 7.05. The van der Waals surface area contributed by atoms with Crippen LogP contribution in [0.1, 0.15) is 15.9 Å². The predicted octanol–water partition coefficient (Wildman–Crippen LogP) is 2.53. The van der Waals surface area contributed by atoms with Crippen LogP contribution in [0.5, 0.6) is 0 Å². The lowest BCUT2D eigenvalue weighted by molar-refractivity contribution is 0.0953. The minimum atomic E-state index is -0.176. The molecule has 1 aromatic carbocycles. The molecule has 2 heterocycles. The van der Waals surface area contributed by atoms with Crippen LogP contribution in [-0.2, 0) is 6.42 Å². The molecule has 24 heavy (non-hydrogen) atoms. The second kappa shape index (κ2) is 7.41. The number of hydrogen-bond donors (Lipinski definition) is 3. The Balaban J connectivity index is 1.54. The van der Waals surface area contributed by atoms with Gasteiger partial charge < -0.3 is 15.6 Å². The lowest BCUT2D eigenvalue weighted by Gasteiger charge is -2.05. The Kier molecular flexibility index (Phi) is 4.86. The van der Waals surface area contributed by atoms with Crippen molar-refractivity contribution >= 4 is 22.8 Å². The second-order valence-electron chi connectivity index (χ2n) is 5.33. The van der Waals surface area contributed by atoms with Crippen LogP contribution >= 0.6 is 0 Å². The molecule has 0 aliphatic heterocycles. The first kappa shape index (κ1) is 15.7. The van der Waals surface area contributed by atoms with Gasteiger partial charge in [-0.15, -0.1) is 6.58 Å². The van der Waals surface area contributed by atoms with Crippen LogP contribution in [0.25, 0.3) is 10.9 Å². The highest BCUT2D eigenvalue weighted by Crippen LogP contribution is 2.17. The molecule has 122 valence electrons. The molecule has 0 spiro atoms. The first-order valence-electron chi connectivity index (χ1n) is 7.78. The van der Waals surface area contributed by atoms with Gasteiger partial charge in [0.2, 0.25) is 5.95 Å². The summed E-state index contributed by atoms with van der Waals surface area (Å²) in [7, 11) is 0. The van der Waals surface area contributed by atoms with E-state index in [4.69, 9.17) is 0 Å². The van der Waals surface area contributed by atoms with Crippen molar-refractivity contribution in [3.05, 3.63) is 66.6 Å². The molecule has 0 saturated heterocycles. The molecule has 0 fully saturated rings. The number of benzene rings is 1. The third-order valence-corrected chi connectivity index (χ3v) is 3.67. The van der Waals surface area contributed by atoms with Gasteiger partial charge in [0, 0.05) is 42.6 Å². The highest BCUT2D eigenvalue weighted by molar-refractivity contribution is 5.93. The molecule has 6 heteroatoms. The van der Waals surface area contributed by atoms with Crippen LogP contribution in [0.4, 0.5) is 5.95 Å². The van der Waals surface area contributed by atoms with Gasteiger partial charge in [0.1, 0.15) is 0 Å². The molecule has 0 radical (unpaired) electrons. The fourth-order valence-electron chi connectivity index (χ4n) is 2.45. The summed E-state index contributed by atoms with van der Waals surface area (Å²) < 4.78 is 0. The lowest BCUT2D eigenvalue weighted by Crippen LogP contribution is -2.26. The summed E-state index contributed by atoms with van der Waals surface area (Å²) in [5.74, 6) is 0.301. The zero-order valence-electron chi connectivity index (χ0n) is 13.2. The third kappa shape index (κ3) is 3.60. The number of amides is 1. The molecule has 0 saturated carbocycles. The maximum absolute atomic E-state index is 12.1. The van der Waals surface area contributed by atoms with Crippen molar-refractivity contribution in [3.63, 3.8) is 0 Å². The summed E-state index contributed by atoms with van der Waals surface area (Å²) in [6, 6.07) is 8.12. The topological polar surface area (TPSA) is 82.7 Å². The van der Waals surface area contributed by atoms with Gasteiger partial charge >= 0.3 is 0 Å². The summed E-state index contributed by atoms with van der Waals surface area (Å²) in [6.07, 6.45) is 7.49. The van der Waals surface area contributed by atoms with Crippen molar-refractivity contribution in [3.8, 4) is 0 Å². The van der Waals surface area contributed by atoms with Crippen LogP contribution in [0.3, 0.4) is 0 Å². The smallest absolute Gasteiger partial charge is 0.254 e. The number of aromatic nitrogens is 3. The standard InChI is InChI=1S/C18H19N5O/c1-2-8-20-18-22-11-14(12-23-18)17(24)19-9-7-13-10-21-16-6-4-3-5-15(13)16/h2-6,10-12,21H,1,7-9H2,(H,19,24)(H,20,22,23). The number of carbonyl (C=O) groups is 1. The van der Waals surface area contributed by atoms with Crippen LogP contribution < -0.4 is 10.6 Å². The van der Waals surface area contributed by atoms with E-state index in [1.807, 2.05) is 24.4 Å². The Morgan fingerprint density at radius 3 is 2.83 bits per heavy atom. The summed E-state index contributed by atoms with van der Waals surface area (Å²) >= 11 is 0. The van der Waals surface area contributed by atoms with E-state index in [0.29, 0.717) is 24.6 Å². The number of rotatable bonds is 7. The number of carbonyl (C=O) groups excluding carboxylic acids is 1. The number of nitrogens with zero attached hydrogens (tertiary/aromatic N) is 2. The van der Waals surface area contributed by atoms with Gasteiger partial charge in [-0.2, -0.15) is 0 Å². The van der Waals surface area contributed by atoms with E-state index < -0.39 is 0 Å². The number of anilines is 1.